The topological polar surface area (TPSA) is 72.4 Å². The fourth-order valence-electron chi connectivity index (χ4n) is 2.22. The number of primary amides is 1. The molecule has 1 aliphatic rings. The Labute approximate surface area is 99.4 Å². The minimum absolute atomic E-state index is 0.159. The van der Waals surface area contributed by atoms with Crippen LogP contribution >= 0.6 is 0 Å². The lowest BCUT2D eigenvalue weighted by atomic mass is 9.97. The Morgan fingerprint density at radius 2 is 2.18 bits per heavy atom. The molecule has 17 heavy (non-hydrogen) atoms. The number of nitrogens with two attached hydrogens (primary N) is 2. The number of nitrogens with zero attached hydrogens (tertiary/aromatic N) is 1. The Hall–Kier alpha value is -1.78. The number of carbonyl (C=O) groups is 1. The van der Waals surface area contributed by atoms with E-state index in [1.165, 1.54) is 12.1 Å². The Bertz CT molecular complexity index is 416. The van der Waals surface area contributed by atoms with E-state index >= 15 is 0 Å². The van der Waals surface area contributed by atoms with Crippen LogP contribution in [0.15, 0.2) is 18.2 Å². The minimum atomic E-state index is -0.360. The maximum Gasteiger partial charge on any atom is 0.222 e. The highest BCUT2D eigenvalue weighted by Gasteiger charge is 2.24. The molecule has 1 aromatic rings. The van der Waals surface area contributed by atoms with Crippen molar-refractivity contribution in [3.05, 3.63) is 24.0 Å². The standard InChI is InChI=1S/C12H16FN3O/c13-9-4-10(14)6-11(5-9)16-3-1-2-8(7-16)12(15)17/h4-6,8H,1-3,7,14H2,(H2,15,17). The van der Waals surface area contributed by atoms with E-state index in [1.807, 2.05) is 4.90 Å². The van der Waals surface area contributed by atoms with Gasteiger partial charge in [0.25, 0.3) is 0 Å². The second-order valence-electron chi connectivity index (χ2n) is 4.43. The van der Waals surface area contributed by atoms with Gasteiger partial charge in [-0.25, -0.2) is 4.39 Å². The monoisotopic (exact) mass is 237 g/mol. The van der Waals surface area contributed by atoms with Crippen molar-refractivity contribution in [1.29, 1.82) is 0 Å². The molecule has 0 saturated carbocycles. The van der Waals surface area contributed by atoms with E-state index < -0.39 is 0 Å². The first-order chi connectivity index (χ1) is 8.06. The lowest BCUT2D eigenvalue weighted by Crippen LogP contribution is -2.41. The first kappa shape index (κ1) is 11.7. The molecular formula is C12H16FN3O. The molecule has 0 radical (unpaired) electrons. The number of amides is 1. The molecule has 0 aromatic heterocycles. The molecule has 1 atom stereocenters. The van der Waals surface area contributed by atoms with Crippen molar-refractivity contribution in [2.45, 2.75) is 12.8 Å². The second-order valence-corrected chi connectivity index (χ2v) is 4.43. The van der Waals surface area contributed by atoms with Gasteiger partial charge in [-0.3, -0.25) is 4.79 Å². The number of nitrogen functional groups attached to an aromatic ring is 1. The summed E-state index contributed by atoms with van der Waals surface area (Å²) in [5, 5.41) is 0. The highest BCUT2D eigenvalue weighted by atomic mass is 19.1. The van der Waals surface area contributed by atoms with E-state index in [0.29, 0.717) is 17.9 Å². The Balaban J connectivity index is 2.18. The van der Waals surface area contributed by atoms with Crippen molar-refractivity contribution < 1.29 is 9.18 Å². The molecule has 2 rings (SSSR count). The van der Waals surface area contributed by atoms with Crippen molar-refractivity contribution in [2.24, 2.45) is 11.7 Å². The molecule has 1 saturated heterocycles. The molecule has 1 fully saturated rings. The predicted molar refractivity (Wildman–Crippen MR) is 64.9 cm³/mol. The molecule has 1 aliphatic heterocycles. The first-order valence-corrected chi connectivity index (χ1v) is 5.66. The number of anilines is 2. The van der Waals surface area contributed by atoms with Gasteiger partial charge >= 0.3 is 0 Å². The van der Waals surface area contributed by atoms with E-state index in [4.69, 9.17) is 11.5 Å². The summed E-state index contributed by atoms with van der Waals surface area (Å²) in [5.74, 6) is -0.812. The Morgan fingerprint density at radius 3 is 2.82 bits per heavy atom. The number of rotatable bonds is 2. The molecule has 0 aliphatic carbocycles. The van der Waals surface area contributed by atoms with Gasteiger partial charge in [0.2, 0.25) is 5.91 Å². The van der Waals surface area contributed by atoms with Crippen molar-refractivity contribution in [3.63, 3.8) is 0 Å². The smallest absolute Gasteiger partial charge is 0.222 e. The zero-order chi connectivity index (χ0) is 12.4. The normalized spacial score (nSPS) is 20.3. The Kier molecular flexibility index (Phi) is 3.17. The summed E-state index contributed by atoms with van der Waals surface area (Å²) in [4.78, 5) is 13.1. The fourth-order valence-corrected chi connectivity index (χ4v) is 2.22. The van der Waals surface area contributed by atoms with Crippen LogP contribution in [0.25, 0.3) is 0 Å². The van der Waals surface area contributed by atoms with Crippen LogP contribution in [-0.4, -0.2) is 19.0 Å². The molecule has 1 amide bonds. The van der Waals surface area contributed by atoms with Crippen molar-refractivity contribution >= 4 is 17.3 Å². The fraction of sp³-hybridized carbons (Fsp3) is 0.417. The predicted octanol–water partition coefficient (Wildman–Crippen LogP) is 1.11. The summed E-state index contributed by atoms with van der Waals surface area (Å²) in [6.45, 7) is 1.34. The van der Waals surface area contributed by atoms with Crippen LogP contribution < -0.4 is 16.4 Å². The number of piperidine rings is 1. The highest BCUT2D eigenvalue weighted by molar-refractivity contribution is 5.77. The molecule has 0 bridgehead atoms. The Morgan fingerprint density at radius 1 is 1.41 bits per heavy atom. The van der Waals surface area contributed by atoms with E-state index in [2.05, 4.69) is 0 Å². The zero-order valence-electron chi connectivity index (χ0n) is 9.53. The molecule has 0 spiro atoms. The molecule has 4 nitrogen and oxygen atoms in total. The molecule has 92 valence electrons. The van der Waals surface area contributed by atoms with Gasteiger partial charge in [0.05, 0.1) is 5.92 Å². The van der Waals surface area contributed by atoms with Crippen LogP contribution in [-0.2, 0) is 4.79 Å². The van der Waals surface area contributed by atoms with Crippen molar-refractivity contribution in [1.82, 2.24) is 0 Å². The lowest BCUT2D eigenvalue weighted by Gasteiger charge is -2.33. The molecule has 1 aromatic carbocycles. The molecule has 1 unspecified atom stereocenters. The average molecular weight is 237 g/mol. The van der Waals surface area contributed by atoms with E-state index in [0.717, 1.165) is 19.4 Å². The summed E-state index contributed by atoms with van der Waals surface area (Å²) in [6, 6.07) is 4.42. The summed E-state index contributed by atoms with van der Waals surface area (Å²) in [5.41, 5.74) is 12.0. The van der Waals surface area contributed by atoms with E-state index in [-0.39, 0.29) is 17.6 Å². The summed E-state index contributed by atoms with van der Waals surface area (Å²) in [6.07, 6.45) is 1.68. The molecule has 4 N–H and O–H groups in total. The van der Waals surface area contributed by atoms with Gasteiger partial charge in [0.1, 0.15) is 5.82 Å². The molecular weight excluding hydrogens is 221 g/mol. The van der Waals surface area contributed by atoms with Crippen LogP contribution in [0.5, 0.6) is 0 Å². The third-order valence-corrected chi connectivity index (χ3v) is 3.09. The van der Waals surface area contributed by atoms with Gasteiger partial charge in [-0.2, -0.15) is 0 Å². The minimum Gasteiger partial charge on any atom is -0.399 e. The van der Waals surface area contributed by atoms with Gasteiger partial charge in [-0.1, -0.05) is 0 Å². The van der Waals surface area contributed by atoms with Crippen LogP contribution in [0.4, 0.5) is 15.8 Å². The summed E-state index contributed by atoms with van der Waals surface area (Å²) < 4.78 is 13.2. The second kappa shape index (κ2) is 4.61. The van der Waals surface area contributed by atoms with Crippen molar-refractivity contribution in [3.8, 4) is 0 Å². The summed E-state index contributed by atoms with van der Waals surface area (Å²) >= 11 is 0. The SMILES string of the molecule is NC(=O)C1CCCN(c2cc(N)cc(F)c2)C1. The third-order valence-electron chi connectivity index (χ3n) is 3.09. The lowest BCUT2D eigenvalue weighted by molar-refractivity contribution is -0.122. The first-order valence-electron chi connectivity index (χ1n) is 5.66. The number of benzene rings is 1. The van der Waals surface area contributed by atoms with Gasteiger partial charge < -0.3 is 16.4 Å². The van der Waals surface area contributed by atoms with Crippen LogP contribution in [0.1, 0.15) is 12.8 Å². The number of carbonyl (C=O) groups excluding carboxylic acids is 1. The average Bonchev–Trinajstić information content (AvgIpc) is 2.28. The number of hydrogen-bond acceptors (Lipinski definition) is 3. The third kappa shape index (κ3) is 2.67. The number of halogens is 1. The maximum absolute atomic E-state index is 13.2. The van der Waals surface area contributed by atoms with Gasteiger partial charge in [-0.05, 0) is 31.0 Å². The number of hydrogen-bond donors (Lipinski definition) is 2. The van der Waals surface area contributed by atoms with Crippen LogP contribution in [0.3, 0.4) is 0 Å². The molecule has 1 heterocycles. The quantitative estimate of drug-likeness (QED) is 0.757. The van der Waals surface area contributed by atoms with E-state index in [1.54, 1.807) is 6.07 Å². The zero-order valence-corrected chi connectivity index (χ0v) is 9.53. The molecule has 5 heteroatoms. The largest absolute Gasteiger partial charge is 0.399 e. The van der Waals surface area contributed by atoms with Crippen LogP contribution in [0, 0.1) is 11.7 Å². The van der Waals surface area contributed by atoms with Gasteiger partial charge in [0, 0.05) is 24.5 Å². The van der Waals surface area contributed by atoms with E-state index in [9.17, 15) is 9.18 Å². The van der Waals surface area contributed by atoms with Crippen LogP contribution in [0.2, 0.25) is 0 Å². The van der Waals surface area contributed by atoms with Crippen molar-refractivity contribution in [2.75, 3.05) is 23.7 Å². The maximum atomic E-state index is 13.2. The van der Waals surface area contributed by atoms with Gasteiger partial charge in [0.15, 0.2) is 0 Å². The summed E-state index contributed by atoms with van der Waals surface area (Å²) in [7, 11) is 0. The highest BCUT2D eigenvalue weighted by Crippen LogP contribution is 2.25. The van der Waals surface area contributed by atoms with Gasteiger partial charge in [-0.15, -0.1) is 0 Å².